The summed E-state index contributed by atoms with van der Waals surface area (Å²) in [5.41, 5.74) is 12.9. The normalized spacial score (nSPS) is 19.9. The first kappa shape index (κ1) is 18.8. The predicted octanol–water partition coefficient (Wildman–Crippen LogP) is 7.97. The third-order valence-electron chi connectivity index (χ3n) is 7.28. The van der Waals surface area contributed by atoms with Crippen molar-refractivity contribution in [2.45, 2.75) is 97.3 Å². The molecule has 4 rings (SSSR count). The number of fused-ring (bicyclic) bond motifs is 3. The fraction of sp³-hybridized carbons (Fsp3) is 0.556. The Kier molecular flexibility index (Phi) is 5.19. The molecule has 1 atom stereocenters. The van der Waals surface area contributed by atoms with Crippen molar-refractivity contribution in [3.05, 3.63) is 57.6 Å². The molecule has 0 saturated heterocycles. The van der Waals surface area contributed by atoms with Gasteiger partial charge in [0.1, 0.15) is 0 Å². The summed E-state index contributed by atoms with van der Waals surface area (Å²) in [5.74, 6) is 0. The quantitative estimate of drug-likeness (QED) is 0.439. The molecule has 0 fully saturated rings. The van der Waals surface area contributed by atoms with Gasteiger partial charge in [0.25, 0.3) is 0 Å². The third-order valence-corrected chi connectivity index (χ3v) is 7.28. The van der Waals surface area contributed by atoms with Crippen LogP contribution in [-0.2, 0) is 11.8 Å². The maximum atomic E-state index is 2.53. The molecule has 2 aromatic rings. The molecular weight excluding hydrogens is 324 g/mol. The molecule has 0 radical (unpaired) electrons. The molecular formula is C27H36. The van der Waals surface area contributed by atoms with E-state index in [2.05, 4.69) is 52.0 Å². The standard InChI is InChI=1S/C27H36/c1-5-6-7-8-9-10-15-27-16-11-12-22-20(3)13-14-23(26(22)27)25-21(4)17-19(2)18-24(25)27/h13-14,17-18H,5-12,15-16H2,1-4H3. The molecule has 2 aliphatic carbocycles. The van der Waals surface area contributed by atoms with Crippen LogP contribution in [0.15, 0.2) is 24.3 Å². The lowest BCUT2D eigenvalue weighted by Crippen LogP contribution is -2.30. The Labute approximate surface area is 166 Å². The number of hydrogen-bond donors (Lipinski definition) is 0. The summed E-state index contributed by atoms with van der Waals surface area (Å²) < 4.78 is 0. The van der Waals surface area contributed by atoms with Gasteiger partial charge >= 0.3 is 0 Å². The van der Waals surface area contributed by atoms with E-state index in [1.54, 1.807) is 27.8 Å². The smallest absolute Gasteiger partial charge is 0.0218 e. The third kappa shape index (κ3) is 3.06. The average molecular weight is 361 g/mol. The van der Waals surface area contributed by atoms with E-state index in [0.29, 0.717) is 5.41 Å². The van der Waals surface area contributed by atoms with Crippen LogP contribution in [0.4, 0.5) is 0 Å². The Balaban J connectivity index is 1.75. The fourth-order valence-electron chi connectivity index (χ4n) is 6.08. The summed E-state index contributed by atoms with van der Waals surface area (Å²) >= 11 is 0. The van der Waals surface area contributed by atoms with Crippen molar-refractivity contribution in [2.75, 3.05) is 0 Å². The number of hydrogen-bond acceptors (Lipinski definition) is 0. The highest BCUT2D eigenvalue weighted by atomic mass is 14.5. The number of rotatable bonds is 7. The predicted molar refractivity (Wildman–Crippen MR) is 118 cm³/mol. The second-order valence-electron chi connectivity index (χ2n) is 9.24. The number of aryl methyl sites for hydroxylation is 3. The summed E-state index contributed by atoms with van der Waals surface area (Å²) in [5, 5.41) is 0. The van der Waals surface area contributed by atoms with E-state index in [-0.39, 0.29) is 0 Å². The molecule has 2 aliphatic rings. The highest BCUT2D eigenvalue weighted by molar-refractivity contribution is 5.85. The molecule has 0 saturated carbocycles. The fourth-order valence-corrected chi connectivity index (χ4v) is 6.08. The molecule has 1 unspecified atom stereocenters. The lowest BCUT2D eigenvalue weighted by Gasteiger charge is -2.38. The monoisotopic (exact) mass is 360 g/mol. The zero-order valence-electron chi connectivity index (χ0n) is 17.9. The Morgan fingerprint density at radius 2 is 1.67 bits per heavy atom. The lowest BCUT2D eigenvalue weighted by atomic mass is 9.65. The van der Waals surface area contributed by atoms with Gasteiger partial charge in [0.05, 0.1) is 0 Å². The molecule has 2 aromatic carbocycles. The van der Waals surface area contributed by atoms with Crippen LogP contribution in [-0.4, -0.2) is 0 Å². The minimum absolute atomic E-state index is 0.297. The number of benzene rings is 2. The van der Waals surface area contributed by atoms with Gasteiger partial charge in [0.15, 0.2) is 0 Å². The molecule has 144 valence electrons. The van der Waals surface area contributed by atoms with Gasteiger partial charge in [-0.15, -0.1) is 0 Å². The van der Waals surface area contributed by atoms with Crippen molar-refractivity contribution in [3.8, 4) is 11.1 Å². The Morgan fingerprint density at radius 3 is 2.48 bits per heavy atom. The maximum absolute atomic E-state index is 2.53. The van der Waals surface area contributed by atoms with Gasteiger partial charge in [0, 0.05) is 5.41 Å². The molecule has 0 aromatic heterocycles. The first-order chi connectivity index (χ1) is 13.1. The largest absolute Gasteiger partial charge is 0.0654 e. The van der Waals surface area contributed by atoms with Crippen LogP contribution in [0, 0.1) is 20.8 Å². The second kappa shape index (κ2) is 7.46. The maximum Gasteiger partial charge on any atom is 0.0218 e. The Morgan fingerprint density at radius 1 is 0.889 bits per heavy atom. The second-order valence-corrected chi connectivity index (χ2v) is 9.24. The van der Waals surface area contributed by atoms with Gasteiger partial charge < -0.3 is 0 Å². The minimum Gasteiger partial charge on any atom is -0.0654 e. The van der Waals surface area contributed by atoms with Crippen molar-refractivity contribution in [1.29, 1.82) is 0 Å². The first-order valence-electron chi connectivity index (χ1n) is 11.3. The van der Waals surface area contributed by atoms with Crippen LogP contribution in [0.2, 0.25) is 0 Å². The molecule has 0 heterocycles. The van der Waals surface area contributed by atoms with Crippen molar-refractivity contribution < 1.29 is 0 Å². The minimum atomic E-state index is 0.297. The van der Waals surface area contributed by atoms with Crippen molar-refractivity contribution in [1.82, 2.24) is 0 Å². The molecule has 0 bridgehead atoms. The molecule has 0 nitrogen and oxygen atoms in total. The summed E-state index contributed by atoms with van der Waals surface area (Å²) in [6.45, 7) is 9.25. The van der Waals surface area contributed by atoms with E-state index < -0.39 is 0 Å². The van der Waals surface area contributed by atoms with E-state index in [4.69, 9.17) is 0 Å². The van der Waals surface area contributed by atoms with Gasteiger partial charge in [-0.2, -0.15) is 0 Å². The van der Waals surface area contributed by atoms with E-state index >= 15 is 0 Å². The van der Waals surface area contributed by atoms with Crippen molar-refractivity contribution in [3.63, 3.8) is 0 Å². The SMILES string of the molecule is CCCCCCCCC12CCCc3c(C)ccc(c31)-c1c(C)cc(C)cc12. The molecule has 0 spiro atoms. The topological polar surface area (TPSA) is 0 Å². The van der Waals surface area contributed by atoms with Gasteiger partial charge in [-0.3, -0.25) is 0 Å². The van der Waals surface area contributed by atoms with Crippen LogP contribution in [0.5, 0.6) is 0 Å². The summed E-state index contributed by atoms with van der Waals surface area (Å²) in [6.07, 6.45) is 13.7. The van der Waals surface area contributed by atoms with Crippen molar-refractivity contribution in [2.24, 2.45) is 0 Å². The average Bonchev–Trinajstić information content (AvgIpc) is 2.93. The van der Waals surface area contributed by atoms with E-state index in [1.165, 1.54) is 80.9 Å². The lowest BCUT2D eigenvalue weighted by molar-refractivity contribution is 0.387. The van der Waals surface area contributed by atoms with Crippen LogP contribution in [0.1, 0.15) is 98.1 Å². The molecule has 27 heavy (non-hydrogen) atoms. The number of unbranched alkanes of at least 4 members (excludes halogenated alkanes) is 5. The Hall–Kier alpha value is -1.56. The molecule has 0 aliphatic heterocycles. The molecule has 0 amide bonds. The van der Waals surface area contributed by atoms with E-state index in [1.807, 2.05) is 0 Å². The molecule has 0 N–H and O–H groups in total. The van der Waals surface area contributed by atoms with Crippen LogP contribution >= 0.6 is 0 Å². The summed E-state index contributed by atoms with van der Waals surface area (Å²) in [6, 6.07) is 9.73. The van der Waals surface area contributed by atoms with Crippen LogP contribution < -0.4 is 0 Å². The summed E-state index contributed by atoms with van der Waals surface area (Å²) in [4.78, 5) is 0. The van der Waals surface area contributed by atoms with E-state index in [9.17, 15) is 0 Å². The van der Waals surface area contributed by atoms with Gasteiger partial charge in [-0.1, -0.05) is 75.3 Å². The van der Waals surface area contributed by atoms with Gasteiger partial charge in [-0.05, 0) is 85.4 Å². The molecule has 0 heteroatoms. The highest BCUT2D eigenvalue weighted by Gasteiger charge is 2.46. The zero-order valence-corrected chi connectivity index (χ0v) is 17.9. The summed E-state index contributed by atoms with van der Waals surface area (Å²) in [7, 11) is 0. The zero-order chi connectivity index (χ0) is 19.0. The first-order valence-corrected chi connectivity index (χ1v) is 11.3. The van der Waals surface area contributed by atoms with Crippen molar-refractivity contribution >= 4 is 0 Å². The highest BCUT2D eigenvalue weighted by Crippen LogP contribution is 2.58. The Bertz CT molecular complexity index is 842. The van der Waals surface area contributed by atoms with Gasteiger partial charge in [0.2, 0.25) is 0 Å². The van der Waals surface area contributed by atoms with Crippen LogP contribution in [0.25, 0.3) is 11.1 Å². The van der Waals surface area contributed by atoms with Crippen LogP contribution in [0.3, 0.4) is 0 Å². The van der Waals surface area contributed by atoms with E-state index in [0.717, 1.165) is 0 Å². The van der Waals surface area contributed by atoms with Gasteiger partial charge in [-0.25, -0.2) is 0 Å².